The predicted molar refractivity (Wildman–Crippen MR) is 51.4 cm³/mol. The van der Waals surface area contributed by atoms with Gasteiger partial charge in [-0.2, -0.15) is 0 Å². The third-order valence-corrected chi connectivity index (χ3v) is 1.98. The zero-order valence-corrected chi connectivity index (χ0v) is 7.45. The minimum Gasteiger partial charge on any atom is -0.444 e. The van der Waals surface area contributed by atoms with E-state index in [1.165, 1.54) is 6.26 Å². The van der Waals surface area contributed by atoms with Crippen LogP contribution >= 0.6 is 11.6 Å². The number of nitrogens with zero attached hydrogens (tertiary/aromatic N) is 1. The largest absolute Gasteiger partial charge is 0.444 e. The van der Waals surface area contributed by atoms with Crippen LogP contribution in [0.25, 0.3) is 11.5 Å². The molecule has 0 bridgehead atoms. The lowest BCUT2D eigenvalue weighted by molar-refractivity contribution is 0.574. The Morgan fingerprint density at radius 1 is 1.38 bits per heavy atom. The van der Waals surface area contributed by atoms with Gasteiger partial charge in [0.2, 0.25) is 5.89 Å². The zero-order chi connectivity index (χ0) is 9.26. The van der Waals surface area contributed by atoms with E-state index in [1.807, 2.05) is 0 Å². The van der Waals surface area contributed by atoms with E-state index in [9.17, 15) is 0 Å². The standard InChI is InChI=1S/C9H7ClN2O/c10-8-2-1-6(11)5-7(8)9-12-3-4-13-9/h1-5H,11H2. The van der Waals surface area contributed by atoms with Crippen molar-refractivity contribution in [2.75, 3.05) is 5.73 Å². The first-order valence-corrected chi connectivity index (χ1v) is 4.10. The first-order valence-electron chi connectivity index (χ1n) is 3.72. The average Bonchev–Trinajstić information content (AvgIpc) is 2.61. The van der Waals surface area contributed by atoms with Crippen LogP contribution in [0.3, 0.4) is 0 Å². The maximum atomic E-state index is 5.93. The number of aromatic nitrogens is 1. The summed E-state index contributed by atoms with van der Waals surface area (Å²) in [6.07, 6.45) is 3.06. The highest BCUT2D eigenvalue weighted by molar-refractivity contribution is 6.33. The second kappa shape index (κ2) is 3.11. The Bertz CT molecular complexity index is 412. The number of oxazole rings is 1. The Kier molecular flexibility index (Phi) is 1.94. The minimum atomic E-state index is 0.484. The van der Waals surface area contributed by atoms with Crippen LogP contribution in [0.2, 0.25) is 5.02 Å². The molecule has 2 aromatic rings. The molecule has 3 nitrogen and oxygen atoms in total. The Balaban J connectivity index is 2.57. The van der Waals surface area contributed by atoms with Gasteiger partial charge in [-0.05, 0) is 18.2 Å². The lowest BCUT2D eigenvalue weighted by atomic mass is 10.2. The summed E-state index contributed by atoms with van der Waals surface area (Å²) in [5.41, 5.74) is 6.96. The first-order chi connectivity index (χ1) is 6.27. The van der Waals surface area contributed by atoms with Crippen molar-refractivity contribution in [3.63, 3.8) is 0 Å². The topological polar surface area (TPSA) is 52.0 Å². The van der Waals surface area contributed by atoms with Crippen LogP contribution in [0.4, 0.5) is 5.69 Å². The van der Waals surface area contributed by atoms with E-state index >= 15 is 0 Å². The SMILES string of the molecule is Nc1ccc(Cl)c(-c2ncco2)c1. The molecule has 1 heterocycles. The van der Waals surface area contributed by atoms with Crippen molar-refractivity contribution < 1.29 is 4.42 Å². The van der Waals surface area contributed by atoms with Crippen molar-refractivity contribution in [1.29, 1.82) is 0 Å². The molecule has 0 fully saturated rings. The number of anilines is 1. The normalized spacial score (nSPS) is 10.2. The molecule has 0 saturated carbocycles. The van der Waals surface area contributed by atoms with Gasteiger partial charge in [0.25, 0.3) is 0 Å². The Labute approximate surface area is 80.1 Å². The summed E-state index contributed by atoms with van der Waals surface area (Å²) < 4.78 is 5.10. The van der Waals surface area contributed by atoms with Crippen molar-refractivity contribution in [3.05, 3.63) is 35.7 Å². The Hall–Kier alpha value is -1.48. The first kappa shape index (κ1) is 8.13. The van der Waals surface area contributed by atoms with Gasteiger partial charge in [-0.25, -0.2) is 4.98 Å². The van der Waals surface area contributed by atoms with Gasteiger partial charge < -0.3 is 10.2 Å². The number of benzene rings is 1. The van der Waals surface area contributed by atoms with E-state index in [-0.39, 0.29) is 0 Å². The van der Waals surface area contributed by atoms with Crippen molar-refractivity contribution in [3.8, 4) is 11.5 Å². The lowest BCUT2D eigenvalue weighted by Crippen LogP contribution is -1.86. The van der Waals surface area contributed by atoms with Crippen LogP contribution in [-0.2, 0) is 0 Å². The lowest BCUT2D eigenvalue weighted by Gasteiger charge is -2.00. The van der Waals surface area contributed by atoms with Crippen LogP contribution in [0.1, 0.15) is 0 Å². The molecule has 0 amide bonds. The number of nitrogen functional groups attached to an aromatic ring is 1. The Morgan fingerprint density at radius 3 is 2.92 bits per heavy atom. The zero-order valence-electron chi connectivity index (χ0n) is 6.70. The molecule has 0 saturated heterocycles. The molecule has 0 radical (unpaired) electrons. The molecule has 0 aliphatic carbocycles. The summed E-state index contributed by atoms with van der Waals surface area (Å²) in [4.78, 5) is 3.98. The summed E-state index contributed by atoms with van der Waals surface area (Å²) in [5, 5.41) is 0.580. The minimum absolute atomic E-state index is 0.484. The monoisotopic (exact) mass is 194 g/mol. The number of nitrogens with two attached hydrogens (primary N) is 1. The second-order valence-corrected chi connectivity index (χ2v) is 2.98. The molecule has 0 aliphatic heterocycles. The molecule has 0 atom stereocenters. The summed E-state index contributed by atoms with van der Waals surface area (Å²) in [6, 6.07) is 5.18. The molecule has 1 aromatic carbocycles. The highest BCUT2D eigenvalue weighted by Crippen LogP contribution is 2.28. The summed E-state index contributed by atoms with van der Waals surface area (Å²) >= 11 is 5.93. The molecule has 2 rings (SSSR count). The summed E-state index contributed by atoms with van der Waals surface area (Å²) in [6.45, 7) is 0. The van der Waals surface area contributed by atoms with E-state index in [2.05, 4.69) is 4.98 Å². The second-order valence-electron chi connectivity index (χ2n) is 2.58. The molecule has 0 unspecified atom stereocenters. The molecule has 4 heteroatoms. The number of hydrogen-bond donors (Lipinski definition) is 1. The molecule has 1 aromatic heterocycles. The van der Waals surface area contributed by atoms with Gasteiger partial charge in [0, 0.05) is 5.69 Å². The van der Waals surface area contributed by atoms with Gasteiger partial charge in [0.05, 0.1) is 16.8 Å². The van der Waals surface area contributed by atoms with Gasteiger partial charge >= 0.3 is 0 Å². The van der Waals surface area contributed by atoms with E-state index in [1.54, 1.807) is 24.4 Å². The fourth-order valence-corrected chi connectivity index (χ4v) is 1.26. The number of halogens is 1. The smallest absolute Gasteiger partial charge is 0.227 e. The summed E-state index contributed by atoms with van der Waals surface area (Å²) in [5.74, 6) is 0.484. The van der Waals surface area contributed by atoms with Gasteiger partial charge in [-0.3, -0.25) is 0 Å². The van der Waals surface area contributed by atoms with E-state index in [4.69, 9.17) is 21.8 Å². The van der Waals surface area contributed by atoms with E-state index in [0.717, 1.165) is 0 Å². The van der Waals surface area contributed by atoms with Crippen molar-refractivity contribution in [2.24, 2.45) is 0 Å². The average molecular weight is 195 g/mol. The third kappa shape index (κ3) is 1.51. The van der Waals surface area contributed by atoms with Gasteiger partial charge in [-0.15, -0.1) is 0 Å². The highest BCUT2D eigenvalue weighted by atomic mass is 35.5. The predicted octanol–water partition coefficient (Wildman–Crippen LogP) is 2.58. The molecular formula is C9H7ClN2O. The van der Waals surface area contributed by atoms with Crippen LogP contribution in [0.15, 0.2) is 35.1 Å². The fourth-order valence-electron chi connectivity index (χ4n) is 1.06. The highest BCUT2D eigenvalue weighted by Gasteiger charge is 2.07. The van der Waals surface area contributed by atoms with Crippen LogP contribution < -0.4 is 5.73 Å². The van der Waals surface area contributed by atoms with Crippen molar-refractivity contribution in [1.82, 2.24) is 4.98 Å². The fraction of sp³-hybridized carbons (Fsp3) is 0. The molecule has 2 N–H and O–H groups in total. The number of rotatable bonds is 1. The van der Waals surface area contributed by atoms with Gasteiger partial charge in [0.1, 0.15) is 6.26 Å². The van der Waals surface area contributed by atoms with Crippen LogP contribution in [0.5, 0.6) is 0 Å². The summed E-state index contributed by atoms with van der Waals surface area (Å²) in [7, 11) is 0. The molecule has 0 spiro atoms. The van der Waals surface area contributed by atoms with Crippen LogP contribution in [0, 0.1) is 0 Å². The van der Waals surface area contributed by atoms with Crippen molar-refractivity contribution >= 4 is 17.3 Å². The van der Waals surface area contributed by atoms with Crippen molar-refractivity contribution in [2.45, 2.75) is 0 Å². The van der Waals surface area contributed by atoms with E-state index < -0.39 is 0 Å². The Morgan fingerprint density at radius 2 is 2.23 bits per heavy atom. The maximum absolute atomic E-state index is 5.93. The number of hydrogen-bond acceptors (Lipinski definition) is 3. The third-order valence-electron chi connectivity index (χ3n) is 1.65. The van der Waals surface area contributed by atoms with Gasteiger partial charge in [-0.1, -0.05) is 11.6 Å². The molecule has 0 aliphatic rings. The molecular weight excluding hydrogens is 188 g/mol. The molecule has 13 heavy (non-hydrogen) atoms. The molecule has 66 valence electrons. The quantitative estimate of drug-likeness (QED) is 0.710. The van der Waals surface area contributed by atoms with Crippen LogP contribution in [-0.4, -0.2) is 4.98 Å². The van der Waals surface area contributed by atoms with Gasteiger partial charge in [0.15, 0.2) is 0 Å². The maximum Gasteiger partial charge on any atom is 0.227 e. The van der Waals surface area contributed by atoms with E-state index in [0.29, 0.717) is 22.2 Å².